The molecule has 10 heteroatoms. The van der Waals surface area contributed by atoms with Crippen molar-refractivity contribution in [1.82, 2.24) is 14.8 Å². The molecule has 1 fully saturated rings. The first-order valence-corrected chi connectivity index (χ1v) is 11.9. The van der Waals surface area contributed by atoms with Crippen LogP contribution in [-0.4, -0.2) is 92.0 Å². The Morgan fingerprint density at radius 2 is 1.97 bits per heavy atom. The molecule has 0 bridgehead atoms. The molecule has 4 heterocycles. The summed E-state index contributed by atoms with van der Waals surface area (Å²) in [6, 6.07) is 7.33. The number of hydrogen-bond acceptors (Lipinski definition) is 9. The third kappa shape index (κ3) is 4.59. The average Bonchev–Trinajstić information content (AvgIpc) is 3.36. The van der Waals surface area contributed by atoms with Gasteiger partial charge in [-0.05, 0) is 37.6 Å². The largest absolute Gasteiger partial charge is 0.491 e. The zero-order valence-electron chi connectivity index (χ0n) is 20.1. The van der Waals surface area contributed by atoms with E-state index in [0.717, 1.165) is 56.4 Å². The van der Waals surface area contributed by atoms with E-state index in [1.165, 1.54) is 0 Å². The van der Waals surface area contributed by atoms with Crippen LogP contribution in [0.25, 0.3) is 0 Å². The monoisotopic (exact) mass is 478 g/mol. The Labute approximate surface area is 204 Å². The molecule has 2 aromatic rings. The van der Waals surface area contributed by atoms with Crippen molar-refractivity contribution in [2.75, 3.05) is 59.7 Å². The molecule has 0 unspecified atom stereocenters. The minimum Gasteiger partial charge on any atom is -0.491 e. The molecule has 3 aliphatic heterocycles. The van der Waals surface area contributed by atoms with Gasteiger partial charge in [-0.15, -0.1) is 0 Å². The number of pyridine rings is 1. The third-order valence-corrected chi connectivity index (χ3v) is 6.35. The summed E-state index contributed by atoms with van der Waals surface area (Å²) in [5, 5.41) is 0. The average molecular weight is 479 g/mol. The van der Waals surface area contributed by atoms with Crippen LogP contribution in [0.4, 0.5) is 5.69 Å². The molecule has 1 amide bonds. The lowest BCUT2D eigenvalue weighted by atomic mass is 10.0. The van der Waals surface area contributed by atoms with Crippen LogP contribution in [0.3, 0.4) is 0 Å². The number of rotatable bonds is 8. The van der Waals surface area contributed by atoms with E-state index in [9.17, 15) is 4.79 Å². The summed E-state index contributed by atoms with van der Waals surface area (Å²) in [5.74, 6) is 1.92. The van der Waals surface area contributed by atoms with Crippen LogP contribution in [0.2, 0.25) is 0 Å². The minimum atomic E-state index is -0.553. The van der Waals surface area contributed by atoms with E-state index in [1.807, 2.05) is 24.0 Å². The van der Waals surface area contributed by atoms with Crippen LogP contribution in [0.1, 0.15) is 33.7 Å². The molecule has 1 aromatic heterocycles. The number of amidine groups is 2. The second-order valence-corrected chi connectivity index (χ2v) is 8.65. The molecule has 0 saturated carbocycles. The predicted molar refractivity (Wildman–Crippen MR) is 132 cm³/mol. The van der Waals surface area contributed by atoms with Crippen molar-refractivity contribution in [3.05, 3.63) is 46.8 Å². The Morgan fingerprint density at radius 1 is 1.14 bits per heavy atom. The number of carbonyl (C=O) groups is 1. The van der Waals surface area contributed by atoms with E-state index in [0.29, 0.717) is 54.0 Å². The number of fused-ring (bicyclic) bond motifs is 3. The van der Waals surface area contributed by atoms with E-state index in [4.69, 9.17) is 29.9 Å². The van der Waals surface area contributed by atoms with Crippen LogP contribution in [-0.2, 0) is 4.74 Å². The molecular formula is C25H30N6O4. The molecule has 1 saturated heterocycles. The first-order valence-electron chi connectivity index (χ1n) is 11.9. The molecular weight excluding hydrogens is 448 g/mol. The topological polar surface area (TPSA) is 115 Å². The molecule has 10 nitrogen and oxygen atoms in total. The van der Waals surface area contributed by atoms with Crippen molar-refractivity contribution in [1.29, 1.82) is 0 Å². The number of amides is 1. The fraction of sp³-hybridized carbons (Fsp3) is 0.440. The molecule has 1 aromatic carbocycles. The van der Waals surface area contributed by atoms with Gasteiger partial charge in [0.1, 0.15) is 17.2 Å². The Bertz CT molecular complexity index is 1190. The summed E-state index contributed by atoms with van der Waals surface area (Å²) in [6.45, 7) is 8.13. The first-order chi connectivity index (χ1) is 17.1. The van der Waals surface area contributed by atoms with Gasteiger partial charge in [0, 0.05) is 37.4 Å². The molecule has 0 aliphatic carbocycles. The van der Waals surface area contributed by atoms with Gasteiger partial charge in [-0.25, -0.2) is 9.98 Å². The standard InChI is InChI=1S/C25H30N6O4/c1-16-4-5-17(23(26)32)21(28-16)25-29-20-18(24-27-8-10-31(24)25)6-7-19(22(20)33-2)35-13-3-9-30-11-14-34-15-12-30/h4-7H,3,8-15H2,1-2H3,(H2,26,32). The van der Waals surface area contributed by atoms with Crippen molar-refractivity contribution in [3.63, 3.8) is 0 Å². The zero-order valence-corrected chi connectivity index (χ0v) is 20.1. The number of morpholine rings is 1. The van der Waals surface area contributed by atoms with Crippen molar-refractivity contribution in [3.8, 4) is 11.5 Å². The predicted octanol–water partition coefficient (Wildman–Crippen LogP) is 1.75. The Morgan fingerprint density at radius 3 is 2.74 bits per heavy atom. The van der Waals surface area contributed by atoms with Crippen molar-refractivity contribution in [2.45, 2.75) is 13.3 Å². The number of carbonyl (C=O) groups excluding carboxylic acids is 1. The quantitative estimate of drug-likeness (QED) is 0.575. The number of nitrogens with two attached hydrogens (primary N) is 1. The third-order valence-electron chi connectivity index (χ3n) is 6.35. The summed E-state index contributed by atoms with van der Waals surface area (Å²) in [6.07, 6.45) is 0.893. The van der Waals surface area contributed by atoms with Gasteiger partial charge >= 0.3 is 0 Å². The molecule has 35 heavy (non-hydrogen) atoms. The highest BCUT2D eigenvalue weighted by atomic mass is 16.5. The second-order valence-electron chi connectivity index (χ2n) is 8.65. The van der Waals surface area contributed by atoms with Crippen LogP contribution in [0.15, 0.2) is 34.3 Å². The number of nitrogens with zero attached hydrogens (tertiary/aromatic N) is 5. The molecule has 5 rings (SSSR count). The van der Waals surface area contributed by atoms with Gasteiger partial charge < -0.3 is 24.8 Å². The maximum absolute atomic E-state index is 12.2. The van der Waals surface area contributed by atoms with Crippen molar-refractivity contribution >= 4 is 23.3 Å². The van der Waals surface area contributed by atoms with Gasteiger partial charge in [-0.1, -0.05) is 0 Å². The van der Waals surface area contributed by atoms with E-state index >= 15 is 0 Å². The summed E-state index contributed by atoms with van der Waals surface area (Å²) in [5.41, 5.74) is 8.66. The lowest BCUT2D eigenvalue weighted by molar-refractivity contribution is 0.0357. The highest BCUT2D eigenvalue weighted by molar-refractivity contribution is 6.22. The minimum absolute atomic E-state index is 0.318. The number of benzene rings is 1. The molecule has 0 atom stereocenters. The number of aryl methyl sites for hydroxylation is 1. The zero-order chi connectivity index (χ0) is 24.4. The second kappa shape index (κ2) is 10.0. The maximum Gasteiger partial charge on any atom is 0.251 e. The smallest absolute Gasteiger partial charge is 0.251 e. The van der Waals surface area contributed by atoms with E-state index in [2.05, 4.69) is 9.88 Å². The summed E-state index contributed by atoms with van der Waals surface area (Å²) >= 11 is 0. The van der Waals surface area contributed by atoms with Crippen molar-refractivity contribution < 1.29 is 19.0 Å². The van der Waals surface area contributed by atoms with E-state index < -0.39 is 5.91 Å². The van der Waals surface area contributed by atoms with Crippen LogP contribution in [0, 0.1) is 6.92 Å². The molecule has 3 aliphatic rings. The van der Waals surface area contributed by atoms with E-state index in [-0.39, 0.29) is 0 Å². The number of ether oxygens (including phenoxy) is 3. The van der Waals surface area contributed by atoms with Gasteiger partial charge in [0.2, 0.25) is 0 Å². The van der Waals surface area contributed by atoms with Crippen LogP contribution >= 0.6 is 0 Å². The number of aliphatic imine (C=N–C) groups is 2. The Balaban J connectivity index is 1.47. The lowest BCUT2D eigenvalue weighted by Gasteiger charge is -2.29. The number of aromatic nitrogens is 1. The van der Waals surface area contributed by atoms with Crippen LogP contribution in [0.5, 0.6) is 11.5 Å². The highest BCUT2D eigenvalue weighted by Crippen LogP contribution is 2.44. The molecule has 0 radical (unpaired) electrons. The maximum atomic E-state index is 12.2. The number of primary amides is 1. The Kier molecular flexibility index (Phi) is 6.65. The molecule has 0 spiro atoms. The molecule has 184 valence electrons. The van der Waals surface area contributed by atoms with Crippen molar-refractivity contribution in [2.24, 2.45) is 15.7 Å². The Hall–Kier alpha value is -3.50. The highest BCUT2D eigenvalue weighted by Gasteiger charge is 2.35. The fourth-order valence-electron chi connectivity index (χ4n) is 4.61. The SMILES string of the molecule is COc1c(OCCCN2CCOCC2)ccc2c1N=C(c1nc(C)ccc1C(N)=O)N1CCN=C21. The summed E-state index contributed by atoms with van der Waals surface area (Å²) in [4.78, 5) is 30.8. The molecule has 2 N–H and O–H groups in total. The number of methoxy groups -OCH3 is 1. The van der Waals surface area contributed by atoms with Gasteiger partial charge in [0.15, 0.2) is 17.3 Å². The van der Waals surface area contributed by atoms with Gasteiger partial charge in [0.05, 0.1) is 39.0 Å². The normalized spacial score (nSPS) is 17.4. The fourth-order valence-corrected chi connectivity index (χ4v) is 4.61. The van der Waals surface area contributed by atoms with Crippen LogP contribution < -0.4 is 15.2 Å². The first kappa shape index (κ1) is 23.3. The summed E-state index contributed by atoms with van der Waals surface area (Å²) < 4.78 is 17.3. The lowest BCUT2D eigenvalue weighted by Crippen LogP contribution is -2.39. The van der Waals surface area contributed by atoms with Gasteiger partial charge in [0.25, 0.3) is 5.91 Å². The van der Waals surface area contributed by atoms with Gasteiger partial charge in [-0.3, -0.25) is 14.7 Å². The van der Waals surface area contributed by atoms with E-state index in [1.54, 1.807) is 19.2 Å². The number of hydrogen-bond donors (Lipinski definition) is 1. The summed E-state index contributed by atoms with van der Waals surface area (Å²) in [7, 11) is 1.61. The van der Waals surface area contributed by atoms with Gasteiger partial charge in [-0.2, -0.15) is 0 Å².